The van der Waals surface area contributed by atoms with E-state index in [1.807, 2.05) is 18.2 Å². The molecule has 1 aromatic heterocycles. The second-order valence-corrected chi connectivity index (χ2v) is 10.8. The molecule has 4 rings (SSSR count). The second-order valence-electron chi connectivity index (χ2n) is 8.77. The summed E-state index contributed by atoms with van der Waals surface area (Å²) in [5.74, 6) is 0.407. The molecule has 1 saturated heterocycles. The average Bonchev–Trinajstić information content (AvgIpc) is 3.27. The number of benzene rings is 2. The minimum Gasteiger partial charge on any atom is -0.455 e. The van der Waals surface area contributed by atoms with Gasteiger partial charge in [0.05, 0.1) is 4.90 Å². The molecule has 1 aliphatic rings. The summed E-state index contributed by atoms with van der Waals surface area (Å²) in [7, 11) is -3.53. The first-order chi connectivity index (χ1) is 15.9. The highest BCUT2D eigenvalue weighted by Gasteiger charge is 2.20. The van der Waals surface area contributed by atoms with Crippen molar-refractivity contribution in [3.63, 3.8) is 0 Å². The minimum atomic E-state index is -3.53. The first kappa shape index (κ1) is 23.3. The third kappa shape index (κ3) is 6.12. The van der Waals surface area contributed by atoms with Gasteiger partial charge in [-0.1, -0.05) is 49.4 Å². The molecule has 174 valence electrons. The predicted octanol–water partition coefficient (Wildman–Crippen LogP) is 4.42. The lowest BCUT2D eigenvalue weighted by Gasteiger charge is -2.31. The molecule has 1 unspecified atom stereocenters. The van der Waals surface area contributed by atoms with Crippen LogP contribution in [0, 0.1) is 5.92 Å². The van der Waals surface area contributed by atoms with Gasteiger partial charge in [0.2, 0.25) is 0 Å². The normalized spacial score (nSPS) is 17.1. The number of hydrogen-bond acceptors (Lipinski definition) is 5. The zero-order chi connectivity index (χ0) is 23.3. The monoisotopic (exact) mass is 466 g/mol. The average molecular weight is 467 g/mol. The number of nitrogens with zero attached hydrogens (tertiary/aromatic N) is 1. The second kappa shape index (κ2) is 10.4. The Labute approximate surface area is 195 Å². The van der Waals surface area contributed by atoms with Crippen LogP contribution in [0.5, 0.6) is 0 Å². The summed E-state index contributed by atoms with van der Waals surface area (Å²) in [5, 5.41) is 2.91. The molecule has 0 radical (unpaired) electrons. The zero-order valence-corrected chi connectivity index (χ0v) is 19.7. The van der Waals surface area contributed by atoms with E-state index < -0.39 is 9.84 Å². The quantitative estimate of drug-likeness (QED) is 0.532. The molecule has 1 N–H and O–H groups in total. The van der Waals surface area contributed by atoms with E-state index in [-0.39, 0.29) is 28.1 Å². The molecule has 33 heavy (non-hydrogen) atoms. The van der Waals surface area contributed by atoms with Crippen LogP contribution in [-0.4, -0.2) is 32.3 Å². The van der Waals surface area contributed by atoms with Crippen LogP contribution in [0.4, 0.5) is 0 Å². The molecule has 0 aliphatic carbocycles. The van der Waals surface area contributed by atoms with Crippen molar-refractivity contribution in [2.45, 2.75) is 43.5 Å². The first-order valence-electron chi connectivity index (χ1n) is 11.3. The molecule has 6 nitrogen and oxygen atoms in total. The van der Waals surface area contributed by atoms with Crippen LogP contribution in [0.3, 0.4) is 0 Å². The molecule has 0 saturated carbocycles. The van der Waals surface area contributed by atoms with E-state index in [4.69, 9.17) is 4.42 Å². The molecule has 1 atom stereocenters. The van der Waals surface area contributed by atoms with Crippen LogP contribution in [-0.2, 0) is 28.7 Å². The smallest absolute Gasteiger partial charge is 0.287 e. The minimum absolute atomic E-state index is 0.107. The number of furan rings is 1. The number of hydrogen-bond donors (Lipinski definition) is 1. The maximum atomic E-state index is 12.6. The van der Waals surface area contributed by atoms with Gasteiger partial charge in [-0.3, -0.25) is 9.69 Å². The molecule has 2 heterocycles. The van der Waals surface area contributed by atoms with Crippen molar-refractivity contribution >= 4 is 15.7 Å². The highest BCUT2D eigenvalue weighted by Crippen LogP contribution is 2.20. The van der Waals surface area contributed by atoms with Crippen LogP contribution < -0.4 is 5.32 Å². The molecule has 3 aromatic rings. The van der Waals surface area contributed by atoms with E-state index in [0.29, 0.717) is 12.5 Å². The molecule has 2 aromatic carbocycles. The van der Waals surface area contributed by atoms with Crippen LogP contribution >= 0.6 is 0 Å². The number of likely N-dealkylation sites (tertiary alicyclic amines) is 1. The van der Waals surface area contributed by atoms with Gasteiger partial charge in [-0.25, -0.2) is 8.42 Å². The van der Waals surface area contributed by atoms with E-state index >= 15 is 0 Å². The van der Waals surface area contributed by atoms with Crippen molar-refractivity contribution in [1.29, 1.82) is 0 Å². The summed E-state index contributed by atoms with van der Waals surface area (Å²) in [6, 6.07) is 19.4. The summed E-state index contributed by atoms with van der Waals surface area (Å²) in [5.41, 5.74) is 2.28. The number of rotatable bonds is 8. The number of carbonyl (C=O) groups excluding carboxylic acids is 1. The van der Waals surface area contributed by atoms with Gasteiger partial charge in [-0.15, -0.1) is 0 Å². The van der Waals surface area contributed by atoms with Gasteiger partial charge in [0.15, 0.2) is 15.6 Å². The lowest BCUT2D eigenvalue weighted by atomic mass is 9.99. The van der Waals surface area contributed by atoms with Gasteiger partial charge in [0, 0.05) is 19.6 Å². The molecule has 7 heteroatoms. The van der Waals surface area contributed by atoms with Crippen LogP contribution in [0.2, 0.25) is 0 Å². The van der Waals surface area contributed by atoms with Crippen molar-refractivity contribution < 1.29 is 17.6 Å². The summed E-state index contributed by atoms with van der Waals surface area (Å²) in [6.45, 7) is 5.75. The van der Waals surface area contributed by atoms with E-state index in [0.717, 1.165) is 25.2 Å². The van der Waals surface area contributed by atoms with E-state index in [2.05, 4.69) is 23.2 Å². The van der Waals surface area contributed by atoms with Crippen molar-refractivity contribution in [2.75, 3.05) is 13.1 Å². The van der Waals surface area contributed by atoms with Gasteiger partial charge < -0.3 is 9.73 Å². The highest BCUT2D eigenvalue weighted by molar-refractivity contribution is 7.90. The van der Waals surface area contributed by atoms with Crippen molar-refractivity contribution in [3.8, 4) is 0 Å². The Kier molecular flexibility index (Phi) is 7.30. The first-order valence-corrected chi connectivity index (χ1v) is 13.0. The number of piperidine rings is 1. The predicted molar refractivity (Wildman–Crippen MR) is 127 cm³/mol. The Morgan fingerprint density at radius 2 is 1.76 bits per heavy atom. The Balaban J connectivity index is 1.37. The SMILES string of the molecule is CC1CCCN(Cc2ccccc2CNC(=O)c2ccc(CS(=O)(=O)c3ccccc3)o2)C1. The lowest BCUT2D eigenvalue weighted by Crippen LogP contribution is -2.34. The van der Waals surface area contributed by atoms with Crippen molar-refractivity contribution in [3.05, 3.63) is 89.4 Å². The topological polar surface area (TPSA) is 79.6 Å². The fourth-order valence-corrected chi connectivity index (χ4v) is 5.56. The van der Waals surface area contributed by atoms with Crippen LogP contribution in [0.1, 0.15) is 47.2 Å². The van der Waals surface area contributed by atoms with Gasteiger partial charge in [-0.2, -0.15) is 0 Å². The fourth-order valence-electron chi connectivity index (χ4n) is 4.29. The third-order valence-corrected chi connectivity index (χ3v) is 7.67. The number of sulfone groups is 1. The number of carbonyl (C=O) groups is 1. The molecule has 1 amide bonds. The summed E-state index contributed by atoms with van der Waals surface area (Å²) in [4.78, 5) is 15.3. The highest BCUT2D eigenvalue weighted by atomic mass is 32.2. The Morgan fingerprint density at radius 1 is 1.03 bits per heavy atom. The van der Waals surface area contributed by atoms with E-state index in [1.54, 1.807) is 36.4 Å². The third-order valence-electron chi connectivity index (χ3n) is 6.01. The standard InChI is InChI=1S/C26H30N2O4S/c1-20-8-7-15-28(17-20)18-22-10-6-5-9-21(22)16-27-26(29)25-14-13-23(32-25)19-33(30,31)24-11-3-2-4-12-24/h2-6,9-14,20H,7-8,15-19H2,1H3,(H,27,29). The van der Waals surface area contributed by atoms with Crippen LogP contribution in [0.15, 0.2) is 76.0 Å². The molecular weight excluding hydrogens is 436 g/mol. The van der Waals surface area contributed by atoms with Gasteiger partial charge in [0.25, 0.3) is 5.91 Å². The summed E-state index contributed by atoms with van der Waals surface area (Å²) in [6.07, 6.45) is 2.51. The summed E-state index contributed by atoms with van der Waals surface area (Å²) < 4.78 is 30.7. The largest absolute Gasteiger partial charge is 0.455 e. The lowest BCUT2D eigenvalue weighted by molar-refractivity contribution is 0.0921. The molecular formula is C26H30N2O4S. The van der Waals surface area contributed by atoms with E-state index in [9.17, 15) is 13.2 Å². The molecule has 0 bridgehead atoms. The number of amides is 1. The van der Waals surface area contributed by atoms with Gasteiger partial charge in [0.1, 0.15) is 11.5 Å². The summed E-state index contributed by atoms with van der Waals surface area (Å²) >= 11 is 0. The zero-order valence-electron chi connectivity index (χ0n) is 18.9. The molecule has 1 aliphatic heterocycles. The fraction of sp³-hybridized carbons (Fsp3) is 0.346. The molecule has 0 spiro atoms. The maximum absolute atomic E-state index is 12.6. The Morgan fingerprint density at radius 3 is 2.52 bits per heavy atom. The van der Waals surface area contributed by atoms with Crippen molar-refractivity contribution in [1.82, 2.24) is 10.2 Å². The Hall–Kier alpha value is -2.90. The number of nitrogens with one attached hydrogen (secondary N) is 1. The van der Waals surface area contributed by atoms with Crippen molar-refractivity contribution in [2.24, 2.45) is 5.92 Å². The molecule has 1 fully saturated rings. The van der Waals surface area contributed by atoms with Gasteiger partial charge in [-0.05, 0) is 60.7 Å². The van der Waals surface area contributed by atoms with E-state index in [1.165, 1.54) is 24.5 Å². The van der Waals surface area contributed by atoms with Crippen LogP contribution in [0.25, 0.3) is 0 Å². The Bertz CT molecular complexity index is 1190. The van der Waals surface area contributed by atoms with Gasteiger partial charge >= 0.3 is 0 Å². The maximum Gasteiger partial charge on any atom is 0.287 e.